The van der Waals surface area contributed by atoms with E-state index in [1.54, 1.807) is 6.07 Å². The zero-order valence-electron chi connectivity index (χ0n) is 17.4. The van der Waals surface area contributed by atoms with Crippen LogP contribution < -0.4 is 14.8 Å². The van der Waals surface area contributed by atoms with Gasteiger partial charge < -0.3 is 14.8 Å². The van der Waals surface area contributed by atoms with Crippen molar-refractivity contribution in [1.29, 1.82) is 0 Å². The molecule has 0 saturated carbocycles. The summed E-state index contributed by atoms with van der Waals surface area (Å²) in [7, 11) is 0. The van der Waals surface area contributed by atoms with Crippen LogP contribution in [0.25, 0.3) is 0 Å². The van der Waals surface area contributed by atoms with Gasteiger partial charge in [-0.15, -0.1) is 0 Å². The molecule has 0 heterocycles. The lowest BCUT2D eigenvalue weighted by molar-refractivity contribution is 0.269. The summed E-state index contributed by atoms with van der Waals surface area (Å²) < 4.78 is 11.8. The molecule has 30 heavy (non-hydrogen) atoms. The number of benzene rings is 3. The number of hydrogen-bond donors (Lipinski definition) is 1. The first kappa shape index (κ1) is 22.5. The molecule has 0 radical (unpaired) electrons. The fourth-order valence-corrected chi connectivity index (χ4v) is 3.70. The van der Waals surface area contributed by atoms with Gasteiger partial charge in [-0.25, -0.2) is 0 Å². The summed E-state index contributed by atoms with van der Waals surface area (Å²) in [5.41, 5.74) is 4.60. The zero-order valence-corrected chi connectivity index (χ0v) is 18.9. The SMILES string of the molecule is CCOc1cc(CNCCc2ccc(Cl)cc2Cl)ccc1OCc1cccc(C)c1. The Morgan fingerprint density at radius 1 is 0.867 bits per heavy atom. The molecule has 0 aliphatic heterocycles. The van der Waals surface area contributed by atoms with Crippen molar-refractivity contribution in [3.63, 3.8) is 0 Å². The van der Waals surface area contributed by atoms with Gasteiger partial charge in [0.1, 0.15) is 6.61 Å². The summed E-state index contributed by atoms with van der Waals surface area (Å²) in [6.45, 7) is 6.72. The molecule has 0 spiro atoms. The van der Waals surface area contributed by atoms with Gasteiger partial charge in [0, 0.05) is 16.6 Å². The molecule has 3 aromatic rings. The van der Waals surface area contributed by atoms with Gasteiger partial charge in [0.15, 0.2) is 11.5 Å². The van der Waals surface area contributed by atoms with Crippen molar-refractivity contribution in [2.45, 2.75) is 33.4 Å². The molecule has 0 fully saturated rings. The summed E-state index contributed by atoms with van der Waals surface area (Å²) >= 11 is 12.2. The summed E-state index contributed by atoms with van der Waals surface area (Å²) in [6.07, 6.45) is 0.839. The summed E-state index contributed by atoms with van der Waals surface area (Å²) in [5, 5.41) is 4.82. The van der Waals surface area contributed by atoms with Gasteiger partial charge in [-0.2, -0.15) is 0 Å². The molecule has 3 rings (SSSR count). The smallest absolute Gasteiger partial charge is 0.161 e. The Labute approximate surface area is 188 Å². The van der Waals surface area contributed by atoms with E-state index in [9.17, 15) is 0 Å². The van der Waals surface area contributed by atoms with E-state index in [4.69, 9.17) is 32.7 Å². The molecule has 0 atom stereocenters. The molecule has 0 bridgehead atoms. The topological polar surface area (TPSA) is 30.5 Å². The fraction of sp³-hybridized carbons (Fsp3) is 0.280. The van der Waals surface area contributed by atoms with Gasteiger partial charge >= 0.3 is 0 Å². The van der Waals surface area contributed by atoms with E-state index >= 15 is 0 Å². The van der Waals surface area contributed by atoms with Crippen molar-refractivity contribution >= 4 is 23.2 Å². The lowest BCUT2D eigenvalue weighted by atomic mass is 10.1. The molecule has 0 amide bonds. The van der Waals surface area contributed by atoms with Crippen LogP contribution in [0.1, 0.15) is 29.2 Å². The van der Waals surface area contributed by atoms with Crippen LogP contribution in [0.4, 0.5) is 0 Å². The number of aryl methyl sites for hydroxylation is 1. The predicted octanol–water partition coefficient (Wildman–Crippen LogP) is 6.61. The van der Waals surface area contributed by atoms with Gasteiger partial charge in [-0.3, -0.25) is 0 Å². The third-order valence-electron chi connectivity index (χ3n) is 4.70. The molecule has 0 aliphatic rings. The van der Waals surface area contributed by atoms with E-state index in [2.05, 4.69) is 36.5 Å². The standard InChI is InChI=1S/C25H27Cl2NO2/c1-3-29-25-14-19(16-28-12-11-21-8-9-22(26)15-23(21)27)7-10-24(25)30-17-20-6-4-5-18(2)13-20/h4-10,13-15,28H,3,11-12,16-17H2,1-2H3. The Hall–Kier alpha value is -2.20. The van der Waals surface area contributed by atoms with Gasteiger partial charge in [-0.1, -0.05) is 65.2 Å². The van der Waals surface area contributed by atoms with Crippen molar-refractivity contribution in [3.8, 4) is 11.5 Å². The second kappa shape index (κ2) is 11.3. The van der Waals surface area contributed by atoms with Gasteiger partial charge in [-0.05, 0) is 67.8 Å². The maximum atomic E-state index is 6.24. The van der Waals surface area contributed by atoms with Crippen molar-refractivity contribution in [1.82, 2.24) is 5.32 Å². The van der Waals surface area contributed by atoms with Gasteiger partial charge in [0.05, 0.1) is 6.61 Å². The third kappa shape index (κ3) is 6.66. The monoisotopic (exact) mass is 443 g/mol. The highest BCUT2D eigenvalue weighted by Gasteiger charge is 2.08. The van der Waals surface area contributed by atoms with Crippen LogP contribution in [-0.4, -0.2) is 13.2 Å². The molecule has 158 valence electrons. The maximum absolute atomic E-state index is 6.24. The minimum Gasteiger partial charge on any atom is -0.490 e. The third-order valence-corrected chi connectivity index (χ3v) is 5.29. The molecule has 3 nitrogen and oxygen atoms in total. The zero-order chi connectivity index (χ0) is 21.3. The average molecular weight is 444 g/mol. The Balaban J connectivity index is 1.55. The van der Waals surface area contributed by atoms with E-state index in [0.29, 0.717) is 23.3 Å². The highest BCUT2D eigenvalue weighted by atomic mass is 35.5. The van der Waals surface area contributed by atoms with Crippen LogP contribution in [0.2, 0.25) is 10.0 Å². The first-order chi connectivity index (χ1) is 14.5. The maximum Gasteiger partial charge on any atom is 0.161 e. The minimum absolute atomic E-state index is 0.515. The molecule has 0 unspecified atom stereocenters. The predicted molar refractivity (Wildman–Crippen MR) is 125 cm³/mol. The molecule has 0 aliphatic carbocycles. The van der Waals surface area contributed by atoms with Gasteiger partial charge in [0.2, 0.25) is 0 Å². The van der Waals surface area contributed by atoms with Crippen molar-refractivity contribution < 1.29 is 9.47 Å². The van der Waals surface area contributed by atoms with Crippen molar-refractivity contribution in [3.05, 3.63) is 93.0 Å². The molecule has 0 saturated heterocycles. The normalized spacial score (nSPS) is 10.8. The largest absolute Gasteiger partial charge is 0.490 e. The van der Waals surface area contributed by atoms with Crippen LogP contribution in [0.5, 0.6) is 11.5 Å². The van der Waals surface area contributed by atoms with E-state index in [1.165, 1.54) is 5.56 Å². The Morgan fingerprint density at radius 2 is 1.73 bits per heavy atom. The van der Waals surface area contributed by atoms with Crippen molar-refractivity contribution in [2.24, 2.45) is 0 Å². The second-order valence-electron chi connectivity index (χ2n) is 7.15. The lowest BCUT2D eigenvalue weighted by Crippen LogP contribution is -2.17. The fourth-order valence-electron chi connectivity index (χ4n) is 3.19. The minimum atomic E-state index is 0.515. The number of halogens is 2. The molecule has 0 aromatic heterocycles. The summed E-state index contributed by atoms with van der Waals surface area (Å²) in [6, 6.07) is 20.0. The number of hydrogen-bond acceptors (Lipinski definition) is 3. The van der Waals surface area contributed by atoms with Crippen LogP contribution in [-0.2, 0) is 19.6 Å². The highest BCUT2D eigenvalue weighted by Crippen LogP contribution is 2.29. The Morgan fingerprint density at radius 3 is 2.50 bits per heavy atom. The summed E-state index contributed by atoms with van der Waals surface area (Å²) in [4.78, 5) is 0. The first-order valence-electron chi connectivity index (χ1n) is 10.1. The first-order valence-corrected chi connectivity index (χ1v) is 10.9. The molecule has 3 aromatic carbocycles. The van der Waals surface area contributed by atoms with E-state index < -0.39 is 0 Å². The van der Waals surface area contributed by atoms with Crippen LogP contribution >= 0.6 is 23.2 Å². The van der Waals surface area contributed by atoms with E-state index in [1.807, 2.05) is 37.3 Å². The van der Waals surface area contributed by atoms with E-state index in [-0.39, 0.29) is 0 Å². The summed E-state index contributed by atoms with van der Waals surface area (Å²) in [5.74, 6) is 1.53. The molecular weight excluding hydrogens is 417 g/mol. The highest BCUT2D eigenvalue weighted by molar-refractivity contribution is 6.35. The molecule has 5 heteroatoms. The number of nitrogens with one attached hydrogen (secondary N) is 1. The Kier molecular flexibility index (Phi) is 8.44. The number of rotatable bonds is 10. The quantitative estimate of drug-likeness (QED) is 0.357. The van der Waals surface area contributed by atoms with Crippen LogP contribution in [0.3, 0.4) is 0 Å². The second-order valence-corrected chi connectivity index (χ2v) is 8.00. The van der Waals surface area contributed by atoms with Crippen LogP contribution in [0.15, 0.2) is 60.7 Å². The Bertz CT molecular complexity index is 975. The van der Waals surface area contributed by atoms with Crippen LogP contribution in [0, 0.1) is 6.92 Å². The average Bonchev–Trinajstić information content (AvgIpc) is 2.72. The van der Waals surface area contributed by atoms with Gasteiger partial charge in [0.25, 0.3) is 0 Å². The molecular formula is C25H27Cl2NO2. The lowest BCUT2D eigenvalue weighted by Gasteiger charge is -2.14. The van der Waals surface area contributed by atoms with Crippen molar-refractivity contribution in [2.75, 3.05) is 13.2 Å². The number of ether oxygens (including phenoxy) is 2. The molecule has 1 N–H and O–H groups in total. The van der Waals surface area contributed by atoms with E-state index in [0.717, 1.165) is 47.7 Å².